The quantitative estimate of drug-likeness (QED) is 0.290. The second kappa shape index (κ2) is 13.0. The van der Waals surface area contributed by atoms with Gasteiger partial charge in [-0.2, -0.15) is 0 Å². The minimum absolute atomic E-state index is 0.0118. The highest BCUT2D eigenvalue weighted by molar-refractivity contribution is 5.87. The van der Waals surface area contributed by atoms with E-state index in [0.717, 1.165) is 16.7 Å². The standard InChI is InChI=1S/C32H35N3O6/c36-29(34-32(30(37)38)15-17-35(22-32)20-23-8-2-1-3-9-23)14-18-40-19-16-33-31(39)41-21-28-26-12-6-4-10-24(26)25-11-5-7-13-27(25)28/h1-13,28H,14-22H2,(H,33,39)(H,34,36)(H,37,38). The van der Waals surface area contributed by atoms with Crippen molar-refractivity contribution in [1.29, 1.82) is 0 Å². The van der Waals surface area contributed by atoms with Crippen molar-refractivity contribution in [3.63, 3.8) is 0 Å². The largest absolute Gasteiger partial charge is 0.479 e. The van der Waals surface area contributed by atoms with E-state index in [1.807, 2.05) is 59.5 Å². The number of amides is 2. The number of benzene rings is 3. The Morgan fingerprint density at radius 2 is 1.56 bits per heavy atom. The highest BCUT2D eigenvalue weighted by Gasteiger charge is 2.45. The van der Waals surface area contributed by atoms with E-state index in [2.05, 4.69) is 34.9 Å². The van der Waals surface area contributed by atoms with Crippen molar-refractivity contribution in [3.05, 3.63) is 95.6 Å². The van der Waals surface area contributed by atoms with Crippen LogP contribution in [0, 0.1) is 0 Å². The number of carbonyl (C=O) groups excluding carboxylic acids is 2. The summed E-state index contributed by atoms with van der Waals surface area (Å²) >= 11 is 0. The molecule has 9 nitrogen and oxygen atoms in total. The Hall–Kier alpha value is -4.21. The molecule has 0 aromatic heterocycles. The molecule has 1 aliphatic carbocycles. The molecule has 2 amide bonds. The molecule has 5 rings (SSSR count). The predicted molar refractivity (Wildman–Crippen MR) is 153 cm³/mol. The summed E-state index contributed by atoms with van der Waals surface area (Å²) in [5.41, 5.74) is 4.42. The maximum Gasteiger partial charge on any atom is 0.407 e. The molecule has 1 atom stereocenters. The molecule has 1 heterocycles. The third kappa shape index (κ3) is 6.75. The summed E-state index contributed by atoms with van der Waals surface area (Å²) in [5.74, 6) is -1.42. The zero-order valence-corrected chi connectivity index (χ0v) is 22.9. The summed E-state index contributed by atoms with van der Waals surface area (Å²) in [7, 11) is 0. The Balaban J connectivity index is 0.988. The Morgan fingerprint density at radius 3 is 2.24 bits per heavy atom. The van der Waals surface area contributed by atoms with Gasteiger partial charge in [-0.25, -0.2) is 9.59 Å². The van der Waals surface area contributed by atoms with Crippen molar-refractivity contribution in [2.24, 2.45) is 0 Å². The number of carboxylic acids is 1. The molecule has 3 aromatic carbocycles. The van der Waals surface area contributed by atoms with Gasteiger partial charge in [0.15, 0.2) is 5.54 Å². The molecule has 9 heteroatoms. The highest BCUT2D eigenvalue weighted by atomic mass is 16.5. The molecule has 0 radical (unpaired) electrons. The van der Waals surface area contributed by atoms with E-state index in [1.165, 1.54) is 11.1 Å². The van der Waals surface area contributed by atoms with Crippen molar-refractivity contribution >= 4 is 18.0 Å². The highest BCUT2D eigenvalue weighted by Crippen LogP contribution is 2.44. The van der Waals surface area contributed by atoms with E-state index in [4.69, 9.17) is 9.47 Å². The number of carbonyl (C=O) groups is 3. The third-order valence-corrected chi connectivity index (χ3v) is 7.72. The van der Waals surface area contributed by atoms with Gasteiger partial charge in [-0.15, -0.1) is 0 Å². The molecule has 2 aliphatic rings. The van der Waals surface area contributed by atoms with E-state index in [-0.39, 0.29) is 51.2 Å². The number of likely N-dealkylation sites (tertiary alicyclic amines) is 1. The van der Waals surface area contributed by atoms with Crippen LogP contribution in [0.3, 0.4) is 0 Å². The number of fused-ring (bicyclic) bond motifs is 3. The van der Waals surface area contributed by atoms with Crippen LogP contribution in [-0.2, 0) is 25.6 Å². The maximum absolute atomic E-state index is 12.5. The Kier molecular flexibility index (Phi) is 8.96. The minimum Gasteiger partial charge on any atom is -0.479 e. The molecule has 214 valence electrons. The molecular formula is C32H35N3O6. The van der Waals surface area contributed by atoms with Crippen LogP contribution in [0.15, 0.2) is 78.9 Å². The molecule has 3 aromatic rings. The van der Waals surface area contributed by atoms with Gasteiger partial charge in [0.2, 0.25) is 5.91 Å². The molecule has 1 aliphatic heterocycles. The normalized spacial score (nSPS) is 18.0. The lowest BCUT2D eigenvalue weighted by Crippen LogP contribution is -2.56. The van der Waals surface area contributed by atoms with Gasteiger partial charge in [0, 0.05) is 38.5 Å². The molecule has 3 N–H and O–H groups in total. The summed E-state index contributed by atoms with van der Waals surface area (Å²) in [5, 5.41) is 15.3. The third-order valence-electron chi connectivity index (χ3n) is 7.72. The number of alkyl carbamates (subject to hydrolysis) is 1. The molecular weight excluding hydrogens is 522 g/mol. The smallest absolute Gasteiger partial charge is 0.407 e. The van der Waals surface area contributed by atoms with Gasteiger partial charge in [0.05, 0.1) is 13.2 Å². The fraction of sp³-hybridized carbons (Fsp3) is 0.344. The van der Waals surface area contributed by atoms with Crippen molar-refractivity contribution in [1.82, 2.24) is 15.5 Å². The Bertz CT molecular complexity index is 1340. The zero-order valence-electron chi connectivity index (χ0n) is 22.9. The SMILES string of the molecule is O=C(CCOCCNC(=O)OCC1c2ccccc2-c2ccccc21)NC1(C(=O)O)CCN(Cc2ccccc2)C1. The van der Waals surface area contributed by atoms with Crippen LogP contribution in [0.2, 0.25) is 0 Å². The number of ether oxygens (including phenoxy) is 2. The number of nitrogens with one attached hydrogen (secondary N) is 2. The van der Waals surface area contributed by atoms with Gasteiger partial charge in [-0.05, 0) is 34.2 Å². The Labute approximate surface area is 239 Å². The molecule has 0 saturated carbocycles. The number of aliphatic carboxylic acids is 1. The van der Waals surface area contributed by atoms with Crippen LogP contribution in [0.1, 0.15) is 35.4 Å². The number of carboxylic acid groups (broad SMARTS) is 1. The second-order valence-electron chi connectivity index (χ2n) is 10.5. The molecule has 1 saturated heterocycles. The molecule has 0 bridgehead atoms. The van der Waals surface area contributed by atoms with Crippen LogP contribution < -0.4 is 10.6 Å². The fourth-order valence-corrected chi connectivity index (χ4v) is 5.67. The number of nitrogens with zero attached hydrogens (tertiary/aromatic N) is 1. The number of rotatable bonds is 12. The number of hydrogen-bond donors (Lipinski definition) is 3. The molecule has 1 fully saturated rings. The van der Waals surface area contributed by atoms with Crippen molar-refractivity contribution < 1.29 is 29.0 Å². The van der Waals surface area contributed by atoms with Crippen LogP contribution in [0.4, 0.5) is 4.79 Å². The Morgan fingerprint density at radius 1 is 0.902 bits per heavy atom. The van der Waals surface area contributed by atoms with Crippen LogP contribution in [-0.4, -0.2) is 73.0 Å². The van der Waals surface area contributed by atoms with E-state index < -0.39 is 17.6 Å². The summed E-state index contributed by atoms with van der Waals surface area (Å²) in [6.07, 6.45) is -0.164. The van der Waals surface area contributed by atoms with Crippen LogP contribution in [0.25, 0.3) is 11.1 Å². The van der Waals surface area contributed by atoms with E-state index in [0.29, 0.717) is 19.5 Å². The first-order valence-electron chi connectivity index (χ1n) is 13.9. The number of hydrogen-bond acceptors (Lipinski definition) is 6. The van der Waals surface area contributed by atoms with Crippen molar-refractivity contribution in [3.8, 4) is 11.1 Å². The van der Waals surface area contributed by atoms with Gasteiger partial charge >= 0.3 is 12.1 Å². The fourth-order valence-electron chi connectivity index (χ4n) is 5.67. The van der Waals surface area contributed by atoms with E-state index in [9.17, 15) is 19.5 Å². The van der Waals surface area contributed by atoms with E-state index in [1.54, 1.807) is 0 Å². The van der Waals surface area contributed by atoms with Gasteiger partial charge in [0.1, 0.15) is 6.61 Å². The summed E-state index contributed by atoms with van der Waals surface area (Å²) < 4.78 is 11.0. The zero-order chi connectivity index (χ0) is 28.7. The van der Waals surface area contributed by atoms with Gasteiger partial charge in [0.25, 0.3) is 0 Å². The van der Waals surface area contributed by atoms with E-state index >= 15 is 0 Å². The average Bonchev–Trinajstić information content (AvgIpc) is 3.53. The summed E-state index contributed by atoms with van der Waals surface area (Å²) in [6.45, 7) is 2.23. The molecule has 0 spiro atoms. The lowest BCUT2D eigenvalue weighted by Gasteiger charge is -2.26. The first-order chi connectivity index (χ1) is 19.9. The monoisotopic (exact) mass is 557 g/mol. The second-order valence-corrected chi connectivity index (χ2v) is 10.5. The molecule has 1 unspecified atom stereocenters. The van der Waals surface area contributed by atoms with Gasteiger partial charge < -0.3 is 25.2 Å². The topological polar surface area (TPSA) is 117 Å². The predicted octanol–water partition coefficient (Wildman–Crippen LogP) is 3.78. The molecule has 41 heavy (non-hydrogen) atoms. The maximum atomic E-state index is 12.5. The van der Waals surface area contributed by atoms with Crippen LogP contribution >= 0.6 is 0 Å². The minimum atomic E-state index is -1.31. The summed E-state index contributed by atoms with van der Waals surface area (Å²) in [6, 6.07) is 26.1. The van der Waals surface area contributed by atoms with Crippen LogP contribution in [0.5, 0.6) is 0 Å². The average molecular weight is 558 g/mol. The van der Waals surface area contributed by atoms with Gasteiger partial charge in [-0.1, -0.05) is 78.9 Å². The van der Waals surface area contributed by atoms with Crippen molar-refractivity contribution in [2.45, 2.75) is 30.8 Å². The van der Waals surface area contributed by atoms with Crippen molar-refractivity contribution in [2.75, 3.05) is 39.5 Å². The first kappa shape index (κ1) is 28.3. The first-order valence-corrected chi connectivity index (χ1v) is 13.9. The summed E-state index contributed by atoms with van der Waals surface area (Å²) in [4.78, 5) is 38.9. The lowest BCUT2D eigenvalue weighted by molar-refractivity contribution is -0.147. The lowest BCUT2D eigenvalue weighted by atomic mass is 9.98. The van der Waals surface area contributed by atoms with Gasteiger partial charge in [-0.3, -0.25) is 9.69 Å².